The van der Waals surface area contributed by atoms with Gasteiger partial charge in [-0.3, -0.25) is 4.79 Å². The Balaban J connectivity index is 1.32. The van der Waals surface area contributed by atoms with Crippen LogP contribution >= 0.6 is 0 Å². The van der Waals surface area contributed by atoms with E-state index in [0.29, 0.717) is 30.1 Å². The molecule has 7 heteroatoms. The molecule has 1 aliphatic heterocycles. The van der Waals surface area contributed by atoms with E-state index in [-0.39, 0.29) is 46.2 Å². The number of esters is 1. The van der Waals surface area contributed by atoms with E-state index in [1.54, 1.807) is 11.0 Å². The molecule has 1 amide bonds. The topological polar surface area (TPSA) is 99.1 Å². The Labute approximate surface area is 226 Å². The Morgan fingerprint density at radius 3 is 2.42 bits per heavy atom. The van der Waals surface area contributed by atoms with Gasteiger partial charge in [-0.2, -0.15) is 0 Å². The number of likely N-dealkylation sites (tertiary alicyclic amines) is 1. The minimum atomic E-state index is -0.549. The molecular weight excluding hydrogens is 480 g/mol. The van der Waals surface area contributed by atoms with Crippen LogP contribution in [0.25, 0.3) is 5.70 Å². The van der Waals surface area contributed by atoms with Crippen LogP contribution in [0.5, 0.6) is 11.5 Å². The van der Waals surface area contributed by atoms with Gasteiger partial charge in [0.25, 0.3) is 0 Å². The van der Waals surface area contributed by atoms with E-state index in [0.717, 1.165) is 44.9 Å². The molecule has 3 N–H and O–H groups in total. The summed E-state index contributed by atoms with van der Waals surface area (Å²) in [5, 5.41) is 23.0. The first-order chi connectivity index (χ1) is 18.0. The lowest BCUT2D eigenvalue weighted by molar-refractivity contribution is -0.165. The summed E-state index contributed by atoms with van der Waals surface area (Å²) in [6, 6.07) is 3.47. The van der Waals surface area contributed by atoms with Crippen LogP contribution in [0, 0.1) is 22.7 Å². The molecule has 5 unspecified atom stereocenters. The van der Waals surface area contributed by atoms with Crippen molar-refractivity contribution >= 4 is 17.6 Å². The van der Waals surface area contributed by atoms with Crippen LogP contribution in [0.1, 0.15) is 90.5 Å². The first-order valence-electron chi connectivity index (χ1n) is 14.5. The second kappa shape index (κ2) is 10.1. The lowest BCUT2D eigenvalue weighted by atomic mass is 9.70. The highest BCUT2D eigenvalue weighted by Gasteiger charge is 2.63. The molecule has 0 spiro atoms. The van der Waals surface area contributed by atoms with Crippen molar-refractivity contribution in [2.45, 2.75) is 103 Å². The highest BCUT2D eigenvalue weighted by molar-refractivity contribution is 5.89. The van der Waals surface area contributed by atoms with Gasteiger partial charge in [0.2, 0.25) is 5.91 Å². The summed E-state index contributed by atoms with van der Waals surface area (Å²) < 4.78 is 6.23. The van der Waals surface area contributed by atoms with Gasteiger partial charge in [0.05, 0.1) is 0 Å². The van der Waals surface area contributed by atoms with Crippen LogP contribution < -0.4 is 5.32 Å². The van der Waals surface area contributed by atoms with Gasteiger partial charge in [-0.15, -0.1) is 0 Å². The van der Waals surface area contributed by atoms with E-state index in [1.165, 1.54) is 25.0 Å². The van der Waals surface area contributed by atoms with Crippen LogP contribution in [-0.2, 0) is 14.3 Å². The number of benzene rings is 1. The average molecular weight is 525 g/mol. The van der Waals surface area contributed by atoms with Crippen molar-refractivity contribution in [3.05, 3.63) is 30.3 Å². The van der Waals surface area contributed by atoms with Crippen LogP contribution in [-0.4, -0.2) is 51.7 Å². The summed E-state index contributed by atoms with van der Waals surface area (Å²) in [6.45, 7) is 11.6. The van der Waals surface area contributed by atoms with E-state index >= 15 is 0 Å². The maximum Gasteiger partial charge on any atom is 0.329 e. The SMILES string of the molecule is C=C(NC(C(=O)N1CCCC1C(=O)OC1CC2CCC1(C)C2(C)C)C1CCCCC1)c1ccc(O)c(O)c1. The van der Waals surface area contributed by atoms with Crippen molar-refractivity contribution < 1.29 is 24.5 Å². The molecule has 7 nitrogen and oxygen atoms in total. The summed E-state index contributed by atoms with van der Waals surface area (Å²) in [5.74, 6) is -0.0355. The second-order valence-corrected chi connectivity index (χ2v) is 12.9. The van der Waals surface area contributed by atoms with Gasteiger partial charge in [-0.25, -0.2) is 4.79 Å². The average Bonchev–Trinajstić information content (AvgIpc) is 3.52. The van der Waals surface area contributed by atoms with Gasteiger partial charge in [-0.05, 0) is 80.4 Å². The quantitative estimate of drug-likeness (QED) is 0.328. The number of amides is 1. The Kier molecular flexibility index (Phi) is 7.16. The molecule has 0 radical (unpaired) electrons. The summed E-state index contributed by atoms with van der Waals surface area (Å²) in [7, 11) is 0. The van der Waals surface area contributed by atoms with E-state index in [4.69, 9.17) is 4.74 Å². The summed E-state index contributed by atoms with van der Waals surface area (Å²) in [6.07, 6.45) is 9.72. The molecule has 3 aliphatic carbocycles. The predicted octanol–water partition coefficient (Wildman–Crippen LogP) is 5.36. The van der Waals surface area contributed by atoms with Crippen LogP contribution in [0.15, 0.2) is 24.8 Å². The van der Waals surface area contributed by atoms with E-state index in [2.05, 4.69) is 32.7 Å². The molecule has 4 fully saturated rings. The first kappa shape index (κ1) is 26.9. The number of rotatable bonds is 7. The zero-order valence-corrected chi connectivity index (χ0v) is 23.2. The number of phenols is 2. The lowest BCUT2D eigenvalue weighted by Gasteiger charge is -2.39. The number of hydrogen-bond acceptors (Lipinski definition) is 6. The number of phenolic OH excluding ortho intramolecular Hbond substituents is 2. The summed E-state index contributed by atoms with van der Waals surface area (Å²) >= 11 is 0. The molecule has 2 bridgehead atoms. The number of carbonyl (C=O) groups is 2. The van der Waals surface area contributed by atoms with Crippen molar-refractivity contribution in [1.29, 1.82) is 0 Å². The summed E-state index contributed by atoms with van der Waals surface area (Å²) in [5.41, 5.74) is 1.26. The Morgan fingerprint density at radius 1 is 1.05 bits per heavy atom. The molecule has 4 aliphatic rings. The highest BCUT2D eigenvalue weighted by Crippen LogP contribution is 2.66. The number of carbonyl (C=O) groups excluding carboxylic acids is 2. The molecule has 1 aromatic carbocycles. The smallest absolute Gasteiger partial charge is 0.329 e. The number of hydrogen-bond donors (Lipinski definition) is 3. The Morgan fingerprint density at radius 2 is 1.79 bits per heavy atom. The highest BCUT2D eigenvalue weighted by atomic mass is 16.5. The maximum absolute atomic E-state index is 14.1. The number of aromatic hydroxyl groups is 2. The van der Waals surface area contributed by atoms with Gasteiger partial charge < -0.3 is 25.2 Å². The molecule has 208 valence electrons. The third kappa shape index (κ3) is 4.56. The Bertz CT molecular complexity index is 1090. The largest absolute Gasteiger partial charge is 0.504 e. The monoisotopic (exact) mass is 524 g/mol. The molecule has 3 saturated carbocycles. The molecule has 1 heterocycles. The molecule has 1 aromatic rings. The third-order valence-electron chi connectivity index (χ3n) is 10.8. The minimum absolute atomic E-state index is 0.0135. The predicted molar refractivity (Wildman–Crippen MR) is 146 cm³/mol. The fourth-order valence-corrected chi connectivity index (χ4v) is 7.81. The number of fused-ring (bicyclic) bond motifs is 2. The Hall–Kier alpha value is -2.70. The van der Waals surface area contributed by atoms with Gasteiger partial charge in [0.15, 0.2) is 11.5 Å². The molecule has 1 saturated heterocycles. The van der Waals surface area contributed by atoms with Crippen LogP contribution in [0.4, 0.5) is 0 Å². The number of nitrogens with zero attached hydrogens (tertiary/aromatic N) is 1. The summed E-state index contributed by atoms with van der Waals surface area (Å²) in [4.78, 5) is 29.4. The first-order valence-corrected chi connectivity index (χ1v) is 14.5. The standard InChI is InChI=1S/C31H44N2O5/c1-19(21-12-13-24(34)25(35)17-21)32-27(20-9-6-5-7-10-20)28(36)33-16-8-11-23(33)29(37)38-26-18-22-14-15-31(26,4)30(22,2)3/h12-13,17,20,22-23,26-27,32,34-35H,1,5-11,14-16,18H2,2-4H3. The normalized spacial score (nSPS) is 31.2. The number of nitrogens with one attached hydrogen (secondary N) is 1. The van der Waals surface area contributed by atoms with Crippen molar-refractivity contribution in [2.24, 2.45) is 22.7 Å². The molecule has 0 aromatic heterocycles. The van der Waals surface area contributed by atoms with Crippen molar-refractivity contribution in [3.63, 3.8) is 0 Å². The molecule has 5 rings (SSSR count). The van der Waals surface area contributed by atoms with Crippen LogP contribution in [0.2, 0.25) is 0 Å². The lowest BCUT2D eigenvalue weighted by Crippen LogP contribution is -2.53. The van der Waals surface area contributed by atoms with E-state index in [9.17, 15) is 19.8 Å². The van der Waals surface area contributed by atoms with Crippen molar-refractivity contribution in [3.8, 4) is 11.5 Å². The van der Waals surface area contributed by atoms with Crippen molar-refractivity contribution in [1.82, 2.24) is 10.2 Å². The van der Waals surface area contributed by atoms with E-state index < -0.39 is 12.1 Å². The maximum atomic E-state index is 14.1. The van der Waals surface area contributed by atoms with Gasteiger partial charge in [0.1, 0.15) is 18.2 Å². The fourth-order valence-electron chi connectivity index (χ4n) is 7.81. The van der Waals surface area contributed by atoms with E-state index in [1.807, 2.05) is 0 Å². The second-order valence-electron chi connectivity index (χ2n) is 12.9. The minimum Gasteiger partial charge on any atom is -0.504 e. The van der Waals surface area contributed by atoms with Crippen LogP contribution in [0.3, 0.4) is 0 Å². The van der Waals surface area contributed by atoms with Gasteiger partial charge in [0, 0.05) is 23.2 Å². The van der Waals surface area contributed by atoms with Gasteiger partial charge >= 0.3 is 5.97 Å². The zero-order valence-electron chi connectivity index (χ0n) is 23.2. The fraction of sp³-hybridized carbons (Fsp3) is 0.677. The molecule has 5 atom stereocenters. The third-order valence-corrected chi connectivity index (χ3v) is 10.8. The zero-order chi connectivity index (χ0) is 27.2. The van der Waals surface area contributed by atoms with Crippen molar-refractivity contribution in [2.75, 3.05) is 6.54 Å². The molecule has 38 heavy (non-hydrogen) atoms. The molecular formula is C31H44N2O5. The number of ether oxygens (including phenoxy) is 1. The van der Waals surface area contributed by atoms with Gasteiger partial charge in [-0.1, -0.05) is 46.6 Å².